The van der Waals surface area contributed by atoms with Gasteiger partial charge < -0.3 is 4.42 Å². The van der Waals surface area contributed by atoms with E-state index in [2.05, 4.69) is 0 Å². The zero-order chi connectivity index (χ0) is 16.4. The fraction of sp³-hybridized carbons (Fsp3) is 0.176. The molecule has 0 N–H and O–H groups in total. The highest BCUT2D eigenvalue weighted by Crippen LogP contribution is 2.36. The lowest BCUT2D eigenvalue weighted by Crippen LogP contribution is -2.30. The number of furan rings is 1. The van der Waals surface area contributed by atoms with Gasteiger partial charge in [-0.3, -0.25) is 14.5 Å². The first-order valence-electron chi connectivity index (χ1n) is 7.13. The van der Waals surface area contributed by atoms with Crippen LogP contribution in [0.2, 0.25) is 5.02 Å². The van der Waals surface area contributed by atoms with Crippen molar-refractivity contribution in [2.75, 3.05) is 5.75 Å². The molecule has 0 radical (unpaired) electrons. The number of hydrogen-bond donors (Lipinski definition) is 0. The third kappa shape index (κ3) is 3.07. The van der Waals surface area contributed by atoms with E-state index in [1.165, 1.54) is 22.9 Å². The SMILES string of the molecule is CCSC1=C(c2ccc(Cl)cc2)C(=O)N(Cc2ccco2)C1=O. The highest BCUT2D eigenvalue weighted by atomic mass is 35.5. The number of carbonyl (C=O) groups is 2. The third-order valence-corrected chi connectivity index (χ3v) is 4.65. The molecule has 4 nitrogen and oxygen atoms in total. The van der Waals surface area contributed by atoms with Crippen LogP contribution >= 0.6 is 23.4 Å². The summed E-state index contributed by atoms with van der Waals surface area (Å²) in [6, 6.07) is 10.4. The Labute approximate surface area is 143 Å². The molecule has 23 heavy (non-hydrogen) atoms. The van der Waals surface area contributed by atoms with E-state index >= 15 is 0 Å². The summed E-state index contributed by atoms with van der Waals surface area (Å²) >= 11 is 7.29. The van der Waals surface area contributed by atoms with Crippen molar-refractivity contribution in [3.63, 3.8) is 0 Å². The van der Waals surface area contributed by atoms with E-state index in [0.29, 0.717) is 32.6 Å². The molecule has 6 heteroatoms. The van der Waals surface area contributed by atoms with E-state index in [-0.39, 0.29) is 18.4 Å². The largest absolute Gasteiger partial charge is 0.467 e. The van der Waals surface area contributed by atoms with Gasteiger partial charge in [0.25, 0.3) is 11.8 Å². The molecule has 0 atom stereocenters. The standard InChI is InChI=1S/C17H14ClNO3S/c1-2-23-15-14(11-5-7-12(18)8-6-11)16(20)19(17(15)21)10-13-4-3-9-22-13/h3-9H,2,10H2,1H3. The van der Waals surface area contributed by atoms with Gasteiger partial charge in [-0.25, -0.2) is 0 Å². The predicted molar refractivity (Wildman–Crippen MR) is 90.8 cm³/mol. The van der Waals surface area contributed by atoms with Gasteiger partial charge in [0.2, 0.25) is 0 Å². The second kappa shape index (κ2) is 6.64. The molecule has 118 valence electrons. The summed E-state index contributed by atoms with van der Waals surface area (Å²) in [6.07, 6.45) is 1.52. The van der Waals surface area contributed by atoms with Crippen molar-refractivity contribution in [3.05, 3.63) is 63.9 Å². The zero-order valence-corrected chi connectivity index (χ0v) is 14.0. The molecule has 1 aliphatic heterocycles. The molecule has 0 unspecified atom stereocenters. The van der Waals surface area contributed by atoms with Gasteiger partial charge in [0, 0.05) is 5.02 Å². The maximum atomic E-state index is 12.8. The lowest BCUT2D eigenvalue weighted by molar-refractivity contribution is -0.137. The van der Waals surface area contributed by atoms with E-state index in [0.717, 1.165) is 0 Å². The molecule has 3 rings (SSSR count). The molecule has 2 heterocycles. The smallest absolute Gasteiger partial charge is 0.268 e. The lowest BCUT2D eigenvalue weighted by atomic mass is 10.1. The number of halogens is 1. The Bertz CT molecular complexity index is 766. The summed E-state index contributed by atoms with van der Waals surface area (Å²) in [4.78, 5) is 27.1. The Balaban J connectivity index is 1.98. The molecule has 0 saturated heterocycles. The topological polar surface area (TPSA) is 50.5 Å². The highest BCUT2D eigenvalue weighted by Gasteiger charge is 2.39. The monoisotopic (exact) mass is 347 g/mol. The van der Waals surface area contributed by atoms with Crippen LogP contribution in [0.25, 0.3) is 5.57 Å². The molecule has 2 amide bonds. The summed E-state index contributed by atoms with van der Waals surface area (Å²) in [5.74, 6) is 0.706. The number of hydrogen-bond acceptors (Lipinski definition) is 4. The van der Waals surface area contributed by atoms with Gasteiger partial charge in [0.15, 0.2) is 0 Å². The van der Waals surface area contributed by atoms with Gasteiger partial charge in [0.05, 0.1) is 23.3 Å². The molecule has 0 bridgehead atoms. The zero-order valence-electron chi connectivity index (χ0n) is 12.4. The summed E-state index contributed by atoms with van der Waals surface area (Å²) < 4.78 is 5.26. The second-order valence-corrected chi connectivity index (χ2v) is 6.63. The van der Waals surface area contributed by atoms with Crippen molar-refractivity contribution in [2.24, 2.45) is 0 Å². The van der Waals surface area contributed by atoms with Crippen LogP contribution < -0.4 is 0 Å². The Morgan fingerprint density at radius 3 is 2.48 bits per heavy atom. The van der Waals surface area contributed by atoms with Crippen LogP contribution in [0.1, 0.15) is 18.2 Å². The fourth-order valence-electron chi connectivity index (χ4n) is 2.41. The molecule has 1 aliphatic rings. The summed E-state index contributed by atoms with van der Waals surface area (Å²) in [5.41, 5.74) is 1.13. The molecule has 0 fully saturated rings. The van der Waals surface area contributed by atoms with Crippen molar-refractivity contribution in [1.29, 1.82) is 0 Å². The van der Waals surface area contributed by atoms with Crippen LogP contribution in [-0.2, 0) is 16.1 Å². The molecule has 1 aromatic carbocycles. The number of imide groups is 1. The maximum Gasteiger partial charge on any atom is 0.268 e. The van der Waals surface area contributed by atoms with E-state index in [1.54, 1.807) is 36.4 Å². The maximum absolute atomic E-state index is 12.8. The average Bonchev–Trinajstić information content (AvgIpc) is 3.13. The van der Waals surface area contributed by atoms with Crippen LogP contribution in [0.15, 0.2) is 52.0 Å². The van der Waals surface area contributed by atoms with Gasteiger partial charge in [-0.1, -0.05) is 30.7 Å². The Hall–Kier alpha value is -1.98. The summed E-state index contributed by atoms with van der Waals surface area (Å²) in [7, 11) is 0. The molecule has 0 saturated carbocycles. The van der Waals surface area contributed by atoms with Gasteiger partial charge in [-0.15, -0.1) is 11.8 Å². The van der Waals surface area contributed by atoms with Crippen molar-refractivity contribution in [3.8, 4) is 0 Å². The number of amides is 2. The van der Waals surface area contributed by atoms with Crippen LogP contribution in [0.5, 0.6) is 0 Å². The van der Waals surface area contributed by atoms with E-state index in [9.17, 15) is 9.59 Å². The summed E-state index contributed by atoms with van der Waals surface area (Å²) in [6.45, 7) is 2.08. The van der Waals surface area contributed by atoms with Gasteiger partial charge in [0.1, 0.15) is 5.76 Å². The van der Waals surface area contributed by atoms with Crippen molar-refractivity contribution in [1.82, 2.24) is 4.90 Å². The Morgan fingerprint density at radius 1 is 1.13 bits per heavy atom. The average molecular weight is 348 g/mol. The Morgan fingerprint density at radius 2 is 1.87 bits per heavy atom. The van der Waals surface area contributed by atoms with Gasteiger partial charge >= 0.3 is 0 Å². The van der Waals surface area contributed by atoms with Crippen LogP contribution in [0, 0.1) is 0 Å². The second-order valence-electron chi connectivity index (χ2n) is 4.92. The minimum atomic E-state index is -0.301. The number of carbonyl (C=O) groups excluding carboxylic acids is 2. The molecule has 2 aromatic rings. The predicted octanol–water partition coefficient (Wildman–Crippen LogP) is 3.97. The Kier molecular flexibility index (Phi) is 4.59. The minimum absolute atomic E-state index is 0.134. The van der Waals surface area contributed by atoms with Crippen molar-refractivity contribution in [2.45, 2.75) is 13.5 Å². The fourth-order valence-corrected chi connectivity index (χ4v) is 3.40. The number of nitrogens with zero attached hydrogens (tertiary/aromatic N) is 1. The third-order valence-electron chi connectivity index (χ3n) is 3.44. The summed E-state index contributed by atoms with van der Waals surface area (Å²) in [5, 5.41) is 0.586. The van der Waals surface area contributed by atoms with Crippen LogP contribution in [-0.4, -0.2) is 22.5 Å². The van der Waals surface area contributed by atoms with Gasteiger partial charge in [-0.2, -0.15) is 0 Å². The molecule has 0 aliphatic carbocycles. The van der Waals surface area contributed by atoms with Crippen LogP contribution in [0.4, 0.5) is 0 Å². The van der Waals surface area contributed by atoms with Crippen molar-refractivity contribution < 1.29 is 14.0 Å². The number of rotatable bonds is 5. The lowest BCUT2D eigenvalue weighted by Gasteiger charge is -2.13. The van der Waals surface area contributed by atoms with E-state index < -0.39 is 0 Å². The van der Waals surface area contributed by atoms with E-state index in [1.807, 2.05) is 6.92 Å². The first-order valence-corrected chi connectivity index (χ1v) is 8.49. The highest BCUT2D eigenvalue weighted by molar-refractivity contribution is 8.04. The molecular weight excluding hydrogens is 334 g/mol. The number of thioether (sulfide) groups is 1. The molecule has 1 aromatic heterocycles. The normalized spacial score (nSPS) is 15.0. The quantitative estimate of drug-likeness (QED) is 0.768. The van der Waals surface area contributed by atoms with Gasteiger partial charge in [-0.05, 0) is 35.6 Å². The molecular formula is C17H14ClNO3S. The molecule has 0 spiro atoms. The first kappa shape index (κ1) is 15.9. The number of benzene rings is 1. The minimum Gasteiger partial charge on any atom is -0.467 e. The van der Waals surface area contributed by atoms with Crippen LogP contribution in [0.3, 0.4) is 0 Å². The first-order chi connectivity index (χ1) is 11.1. The van der Waals surface area contributed by atoms with Crippen molar-refractivity contribution >= 4 is 40.8 Å². The van der Waals surface area contributed by atoms with E-state index in [4.69, 9.17) is 16.0 Å².